The van der Waals surface area contributed by atoms with Crippen LogP contribution in [0.4, 0.5) is 5.82 Å². The number of aromatic amines is 1. The second-order valence-corrected chi connectivity index (χ2v) is 6.13. The van der Waals surface area contributed by atoms with E-state index in [1.807, 2.05) is 0 Å². The molecule has 2 aliphatic rings. The summed E-state index contributed by atoms with van der Waals surface area (Å²) in [5.41, 5.74) is 5.86. The molecular formula is C13H17N5O5. The third-order valence-corrected chi connectivity index (χ3v) is 4.04. The van der Waals surface area contributed by atoms with Gasteiger partial charge >= 0.3 is 0 Å². The number of hydrogen-bond donors (Lipinski definition) is 3. The first-order valence-corrected chi connectivity index (χ1v) is 7.25. The average molecular weight is 323 g/mol. The van der Waals surface area contributed by atoms with Gasteiger partial charge in [0.05, 0.1) is 6.61 Å². The van der Waals surface area contributed by atoms with Crippen LogP contribution in [0.3, 0.4) is 0 Å². The normalized spacial score (nSPS) is 32.5. The first kappa shape index (κ1) is 14.6. The highest BCUT2D eigenvalue weighted by Crippen LogP contribution is 2.43. The van der Waals surface area contributed by atoms with Crippen molar-refractivity contribution in [2.24, 2.45) is 0 Å². The maximum Gasteiger partial charge on any atom is 0.279 e. The summed E-state index contributed by atoms with van der Waals surface area (Å²) in [6.07, 6.45) is -2.14. The number of nitrogens with zero attached hydrogens (tertiary/aromatic N) is 3. The van der Waals surface area contributed by atoms with Gasteiger partial charge in [-0.1, -0.05) is 5.21 Å². The van der Waals surface area contributed by atoms with Gasteiger partial charge in [-0.2, -0.15) is 0 Å². The lowest BCUT2D eigenvalue weighted by atomic mass is 10.1. The number of aliphatic hydroxyl groups excluding tert-OH is 1. The number of hydrogen-bond acceptors (Lipinski definition) is 8. The van der Waals surface area contributed by atoms with Crippen molar-refractivity contribution in [3.8, 4) is 0 Å². The molecule has 0 aromatic carbocycles. The van der Waals surface area contributed by atoms with E-state index in [1.54, 1.807) is 19.9 Å². The van der Waals surface area contributed by atoms with Crippen LogP contribution in [-0.4, -0.2) is 55.8 Å². The maximum absolute atomic E-state index is 11.9. The third kappa shape index (κ3) is 2.14. The zero-order valence-electron chi connectivity index (χ0n) is 12.6. The van der Waals surface area contributed by atoms with E-state index in [0.29, 0.717) is 5.52 Å². The fraction of sp³-hybridized carbons (Fsp3) is 0.615. The molecule has 4 heterocycles. The van der Waals surface area contributed by atoms with Gasteiger partial charge in [0.15, 0.2) is 17.5 Å². The van der Waals surface area contributed by atoms with E-state index in [2.05, 4.69) is 15.3 Å². The molecule has 2 aromatic rings. The van der Waals surface area contributed by atoms with Crippen LogP contribution in [0.25, 0.3) is 11.0 Å². The van der Waals surface area contributed by atoms with Gasteiger partial charge in [0.1, 0.15) is 29.6 Å². The Balaban J connectivity index is 1.80. The summed E-state index contributed by atoms with van der Waals surface area (Å²) >= 11 is 0. The number of nitrogens with two attached hydrogens (primary N) is 1. The molecule has 23 heavy (non-hydrogen) atoms. The Morgan fingerprint density at radius 2 is 2.17 bits per heavy atom. The minimum Gasteiger partial charge on any atom is -0.394 e. The van der Waals surface area contributed by atoms with Crippen LogP contribution in [0.5, 0.6) is 0 Å². The van der Waals surface area contributed by atoms with Gasteiger partial charge in [-0.15, -0.1) is 5.10 Å². The zero-order chi connectivity index (χ0) is 16.4. The van der Waals surface area contributed by atoms with Crippen LogP contribution in [0.2, 0.25) is 0 Å². The summed E-state index contributed by atoms with van der Waals surface area (Å²) in [5.74, 6) is -0.597. The molecule has 4 rings (SSSR count). The highest BCUT2D eigenvalue weighted by atomic mass is 16.8. The third-order valence-electron chi connectivity index (χ3n) is 4.04. The Morgan fingerprint density at radius 3 is 2.91 bits per heavy atom. The van der Waals surface area contributed by atoms with Crippen molar-refractivity contribution in [1.82, 2.24) is 20.0 Å². The smallest absolute Gasteiger partial charge is 0.279 e. The number of aromatic nitrogens is 4. The van der Waals surface area contributed by atoms with Gasteiger partial charge in [0.2, 0.25) is 0 Å². The number of pyridine rings is 1. The standard InChI is InChI=1S/C13H17N5O5/c1-13(2)22-9-6(4-19)21-12(10(9)23-13)18-5-3-7(14)15-11(20)8(5)16-17-18/h3,6,9-10,12,19H,4H2,1-2H3,(H3,14,15,20)/t6-,9-,10-,12+/m1/s1. The van der Waals surface area contributed by atoms with Crippen molar-refractivity contribution in [1.29, 1.82) is 0 Å². The van der Waals surface area contributed by atoms with Crippen molar-refractivity contribution >= 4 is 16.9 Å². The minimum absolute atomic E-state index is 0.157. The van der Waals surface area contributed by atoms with Crippen molar-refractivity contribution < 1.29 is 19.3 Å². The second-order valence-electron chi connectivity index (χ2n) is 6.13. The average Bonchev–Trinajstić information content (AvgIpc) is 3.09. The highest BCUT2D eigenvalue weighted by molar-refractivity contribution is 5.75. The summed E-state index contributed by atoms with van der Waals surface area (Å²) in [7, 11) is 0. The predicted molar refractivity (Wildman–Crippen MR) is 77.4 cm³/mol. The number of nitrogens with one attached hydrogen (secondary N) is 1. The van der Waals surface area contributed by atoms with Crippen molar-refractivity contribution in [3.63, 3.8) is 0 Å². The molecule has 0 radical (unpaired) electrons. The Kier molecular flexibility index (Phi) is 3.00. The molecule has 124 valence electrons. The molecule has 4 N–H and O–H groups in total. The van der Waals surface area contributed by atoms with Crippen molar-refractivity contribution in [2.75, 3.05) is 12.3 Å². The van der Waals surface area contributed by atoms with Gasteiger partial charge in [-0.3, -0.25) is 4.79 Å². The number of aliphatic hydroxyl groups is 1. The number of nitrogen functional groups attached to an aromatic ring is 1. The summed E-state index contributed by atoms with van der Waals surface area (Å²) in [6.45, 7) is 3.37. The van der Waals surface area contributed by atoms with E-state index in [0.717, 1.165) is 0 Å². The second kappa shape index (κ2) is 4.74. The van der Waals surface area contributed by atoms with Crippen LogP contribution >= 0.6 is 0 Å². The first-order chi connectivity index (χ1) is 10.9. The monoisotopic (exact) mass is 323 g/mol. The molecule has 0 bridgehead atoms. The number of ether oxygens (including phenoxy) is 3. The molecule has 4 atom stereocenters. The first-order valence-electron chi connectivity index (χ1n) is 7.25. The zero-order valence-corrected chi connectivity index (χ0v) is 12.6. The lowest BCUT2D eigenvalue weighted by Crippen LogP contribution is -2.31. The van der Waals surface area contributed by atoms with E-state index < -0.39 is 35.9 Å². The molecule has 0 spiro atoms. The van der Waals surface area contributed by atoms with Gasteiger partial charge in [0, 0.05) is 6.07 Å². The number of fused-ring (bicyclic) bond motifs is 2. The summed E-state index contributed by atoms with van der Waals surface area (Å²) in [6, 6.07) is 1.56. The molecule has 10 nitrogen and oxygen atoms in total. The fourth-order valence-electron chi connectivity index (χ4n) is 3.16. The summed E-state index contributed by atoms with van der Waals surface area (Å²) < 4.78 is 18.9. The minimum atomic E-state index is -0.794. The highest BCUT2D eigenvalue weighted by Gasteiger charge is 2.56. The van der Waals surface area contributed by atoms with Gasteiger partial charge in [0.25, 0.3) is 5.56 Å². The van der Waals surface area contributed by atoms with Crippen LogP contribution in [0, 0.1) is 0 Å². The Labute approximate surface area is 130 Å². The molecule has 0 unspecified atom stereocenters. The van der Waals surface area contributed by atoms with Crippen LogP contribution in [-0.2, 0) is 14.2 Å². The molecule has 10 heteroatoms. The molecule has 2 saturated heterocycles. The van der Waals surface area contributed by atoms with Gasteiger partial charge < -0.3 is 30.0 Å². The molecular weight excluding hydrogens is 306 g/mol. The van der Waals surface area contributed by atoms with E-state index in [9.17, 15) is 9.90 Å². The van der Waals surface area contributed by atoms with Crippen molar-refractivity contribution in [3.05, 3.63) is 16.4 Å². The van der Waals surface area contributed by atoms with Crippen molar-refractivity contribution in [2.45, 2.75) is 44.2 Å². The van der Waals surface area contributed by atoms with Crippen LogP contribution < -0.4 is 11.3 Å². The molecule has 2 aromatic heterocycles. The molecule has 0 amide bonds. The van der Waals surface area contributed by atoms with E-state index in [-0.39, 0.29) is 17.9 Å². The molecule has 2 aliphatic heterocycles. The van der Waals surface area contributed by atoms with Crippen LogP contribution in [0.15, 0.2) is 10.9 Å². The van der Waals surface area contributed by atoms with Crippen LogP contribution in [0.1, 0.15) is 20.1 Å². The van der Waals surface area contributed by atoms with E-state index >= 15 is 0 Å². The lowest BCUT2D eigenvalue weighted by molar-refractivity contribution is -0.201. The quantitative estimate of drug-likeness (QED) is 0.647. The Hall–Kier alpha value is -2.01. The number of H-pyrrole nitrogens is 1. The SMILES string of the molecule is CC1(C)O[C@@H]2[C@H](O1)[C@@H](CO)O[C@@H]2n1nnc2c(=O)[nH]c(N)cc21. The maximum atomic E-state index is 11.9. The van der Waals surface area contributed by atoms with E-state index in [4.69, 9.17) is 19.9 Å². The Morgan fingerprint density at radius 1 is 1.43 bits per heavy atom. The fourth-order valence-corrected chi connectivity index (χ4v) is 3.16. The largest absolute Gasteiger partial charge is 0.394 e. The molecule has 0 saturated carbocycles. The summed E-state index contributed by atoms with van der Waals surface area (Å²) in [4.78, 5) is 14.4. The number of rotatable bonds is 2. The number of anilines is 1. The van der Waals surface area contributed by atoms with E-state index in [1.165, 1.54) is 4.68 Å². The van der Waals surface area contributed by atoms with Gasteiger partial charge in [-0.25, -0.2) is 4.68 Å². The predicted octanol–water partition coefficient (Wildman–Crippen LogP) is -0.888. The topological polar surface area (TPSA) is 138 Å². The molecule has 2 fully saturated rings. The molecule has 0 aliphatic carbocycles. The van der Waals surface area contributed by atoms with Gasteiger partial charge in [-0.05, 0) is 13.8 Å². The summed E-state index contributed by atoms with van der Waals surface area (Å²) in [5, 5.41) is 17.4. The Bertz CT molecular complexity index is 815. The lowest BCUT2D eigenvalue weighted by Gasteiger charge is -2.23.